The maximum absolute atomic E-state index is 13.0. The van der Waals surface area contributed by atoms with Crippen molar-refractivity contribution in [3.63, 3.8) is 0 Å². The van der Waals surface area contributed by atoms with Crippen molar-refractivity contribution in [2.45, 2.75) is 59.2 Å². The molecule has 2 atom stereocenters. The lowest BCUT2D eigenvalue weighted by molar-refractivity contribution is -0.131. The quantitative estimate of drug-likeness (QED) is 0.223. The first-order valence-electron chi connectivity index (χ1n) is 11.4. The molecule has 12 nitrogen and oxygen atoms in total. The van der Waals surface area contributed by atoms with Crippen LogP contribution in [-0.2, 0) is 25.7 Å². The average molecular weight is 493 g/mol. The highest BCUT2D eigenvalue weighted by Crippen LogP contribution is 2.12. The Morgan fingerprint density at radius 3 is 2.17 bits per heavy atom. The number of nitrogens with two attached hydrogens (primary N) is 1. The first-order chi connectivity index (χ1) is 16.5. The van der Waals surface area contributed by atoms with Crippen LogP contribution in [0.1, 0.15) is 46.1 Å². The van der Waals surface area contributed by atoms with Crippen LogP contribution in [0.3, 0.4) is 0 Å². The Morgan fingerprint density at radius 2 is 1.63 bits per heavy atom. The fraction of sp³-hybridized carbons (Fsp3) is 0.522. The summed E-state index contributed by atoms with van der Waals surface area (Å²) < 4.78 is 5.06. The minimum absolute atomic E-state index is 0.0747. The van der Waals surface area contributed by atoms with Crippen LogP contribution < -0.4 is 32.3 Å². The van der Waals surface area contributed by atoms with E-state index < -0.39 is 36.0 Å². The monoisotopic (exact) mass is 492 g/mol. The van der Waals surface area contributed by atoms with Gasteiger partial charge in [-0.25, -0.2) is 9.59 Å². The van der Waals surface area contributed by atoms with Gasteiger partial charge in [-0.3, -0.25) is 14.4 Å². The molecule has 0 aliphatic rings. The van der Waals surface area contributed by atoms with Gasteiger partial charge in [-0.1, -0.05) is 26.0 Å². The summed E-state index contributed by atoms with van der Waals surface area (Å²) in [5, 5.41) is 13.0. The summed E-state index contributed by atoms with van der Waals surface area (Å²) in [7, 11) is 0. The van der Waals surface area contributed by atoms with Crippen LogP contribution in [0.5, 0.6) is 0 Å². The first-order valence-corrected chi connectivity index (χ1v) is 11.4. The third-order valence-corrected chi connectivity index (χ3v) is 4.82. The van der Waals surface area contributed by atoms with Crippen molar-refractivity contribution in [2.75, 3.05) is 18.4 Å². The molecule has 6 amide bonds. The Kier molecular flexibility index (Phi) is 12.6. The number of ether oxygens (including phenoxy) is 1. The van der Waals surface area contributed by atoms with Gasteiger partial charge >= 0.3 is 12.1 Å². The van der Waals surface area contributed by atoms with E-state index in [9.17, 15) is 24.0 Å². The number of alkyl carbamates (subject to hydrolysis) is 1. The summed E-state index contributed by atoms with van der Waals surface area (Å²) in [6, 6.07) is 4.28. The molecule has 0 spiro atoms. The molecule has 1 rings (SSSR count). The molecule has 194 valence electrons. The molecule has 1 aromatic carbocycles. The van der Waals surface area contributed by atoms with Gasteiger partial charge in [0.25, 0.3) is 0 Å². The second-order valence-electron chi connectivity index (χ2n) is 8.21. The van der Waals surface area contributed by atoms with Crippen molar-refractivity contribution in [3.05, 3.63) is 29.8 Å². The molecule has 0 aliphatic carbocycles. The number of urea groups is 1. The van der Waals surface area contributed by atoms with E-state index in [4.69, 9.17) is 10.5 Å². The molecule has 0 bridgehead atoms. The Morgan fingerprint density at radius 1 is 0.971 bits per heavy atom. The van der Waals surface area contributed by atoms with Gasteiger partial charge in [-0.15, -0.1) is 0 Å². The molecule has 2 unspecified atom stereocenters. The van der Waals surface area contributed by atoms with Crippen LogP contribution in [0.15, 0.2) is 24.3 Å². The fourth-order valence-electron chi connectivity index (χ4n) is 3.06. The van der Waals surface area contributed by atoms with E-state index in [1.165, 1.54) is 6.92 Å². The van der Waals surface area contributed by atoms with Gasteiger partial charge in [0.05, 0.1) is 0 Å². The second-order valence-corrected chi connectivity index (χ2v) is 8.21. The molecule has 0 saturated heterocycles. The van der Waals surface area contributed by atoms with E-state index in [2.05, 4.69) is 26.6 Å². The van der Waals surface area contributed by atoms with E-state index >= 15 is 0 Å². The fourth-order valence-corrected chi connectivity index (χ4v) is 3.06. The summed E-state index contributed by atoms with van der Waals surface area (Å²) >= 11 is 0. The van der Waals surface area contributed by atoms with Crippen molar-refractivity contribution < 1.29 is 28.7 Å². The normalized spacial score (nSPS) is 12.1. The smallest absolute Gasteiger partial charge is 0.407 e. The molecule has 0 fully saturated rings. The highest BCUT2D eigenvalue weighted by molar-refractivity contribution is 5.98. The molecule has 0 heterocycles. The molecule has 0 radical (unpaired) electrons. The van der Waals surface area contributed by atoms with Crippen LogP contribution in [0.4, 0.5) is 15.3 Å². The summed E-state index contributed by atoms with van der Waals surface area (Å²) in [4.78, 5) is 59.6. The minimum Gasteiger partial charge on any atom is -0.445 e. The molecule has 0 saturated carbocycles. The zero-order valence-corrected chi connectivity index (χ0v) is 20.6. The van der Waals surface area contributed by atoms with Crippen molar-refractivity contribution >= 4 is 35.5 Å². The van der Waals surface area contributed by atoms with E-state index in [1.54, 1.807) is 45.0 Å². The van der Waals surface area contributed by atoms with Crippen LogP contribution >= 0.6 is 0 Å². The van der Waals surface area contributed by atoms with Gasteiger partial charge < -0.3 is 37.1 Å². The van der Waals surface area contributed by atoms with Crippen LogP contribution in [0.25, 0.3) is 0 Å². The lowest BCUT2D eigenvalue weighted by Crippen LogP contribution is -2.54. The van der Waals surface area contributed by atoms with Crippen molar-refractivity contribution in [3.8, 4) is 0 Å². The van der Waals surface area contributed by atoms with E-state index in [0.29, 0.717) is 18.7 Å². The standard InChI is InChI=1S/C23H36N6O6/c1-5-25-23(34)35-13-16-8-10-17(11-9-16)28-20(31)18(7-6-12-26-22(24)33)29-21(32)19(14(2)3)27-15(4)30/h8-11,14,18-19H,5-7,12-13H2,1-4H3,(H,25,34)(H,27,30)(H,28,31)(H,29,32)(H3,24,26,33). The summed E-state index contributed by atoms with van der Waals surface area (Å²) in [5.41, 5.74) is 6.27. The number of amides is 6. The molecule has 0 aromatic heterocycles. The highest BCUT2D eigenvalue weighted by Gasteiger charge is 2.28. The molecule has 1 aromatic rings. The Labute approximate surface area is 205 Å². The second kappa shape index (κ2) is 15.1. The first kappa shape index (κ1) is 29.2. The lowest BCUT2D eigenvalue weighted by Gasteiger charge is -2.25. The third kappa shape index (κ3) is 11.7. The number of rotatable bonds is 13. The van der Waals surface area contributed by atoms with Crippen molar-refractivity contribution in [2.24, 2.45) is 11.7 Å². The lowest BCUT2D eigenvalue weighted by atomic mass is 10.0. The number of anilines is 1. The molecule has 7 N–H and O–H groups in total. The van der Waals surface area contributed by atoms with Gasteiger partial charge in [0.15, 0.2) is 0 Å². The Balaban J connectivity index is 2.84. The predicted octanol–water partition coefficient (Wildman–Crippen LogP) is 0.965. The maximum Gasteiger partial charge on any atom is 0.407 e. The number of nitrogens with one attached hydrogen (secondary N) is 5. The van der Waals surface area contributed by atoms with Crippen molar-refractivity contribution in [1.29, 1.82) is 0 Å². The maximum atomic E-state index is 13.0. The van der Waals surface area contributed by atoms with Crippen LogP contribution in [-0.4, -0.2) is 55.0 Å². The van der Waals surface area contributed by atoms with Crippen LogP contribution in [0.2, 0.25) is 0 Å². The molecule has 0 aliphatic heterocycles. The largest absolute Gasteiger partial charge is 0.445 e. The van der Waals surface area contributed by atoms with E-state index in [0.717, 1.165) is 5.56 Å². The van der Waals surface area contributed by atoms with Gasteiger partial charge in [-0.2, -0.15) is 0 Å². The SMILES string of the molecule is CCNC(=O)OCc1ccc(NC(=O)C(CCCNC(N)=O)NC(=O)C(NC(C)=O)C(C)C)cc1. The Bertz CT molecular complexity index is 874. The van der Waals surface area contributed by atoms with E-state index in [-0.39, 0.29) is 31.4 Å². The van der Waals surface area contributed by atoms with Gasteiger partial charge in [0.1, 0.15) is 18.7 Å². The Hall–Kier alpha value is -3.83. The zero-order chi connectivity index (χ0) is 26.4. The minimum atomic E-state index is -0.923. The van der Waals surface area contributed by atoms with Crippen LogP contribution in [0, 0.1) is 5.92 Å². The number of benzene rings is 1. The van der Waals surface area contributed by atoms with Crippen molar-refractivity contribution in [1.82, 2.24) is 21.3 Å². The van der Waals surface area contributed by atoms with Gasteiger partial charge in [0, 0.05) is 25.7 Å². The topological polar surface area (TPSA) is 181 Å². The molecule has 12 heteroatoms. The number of carbonyl (C=O) groups is 5. The summed E-state index contributed by atoms with van der Waals surface area (Å²) in [6.45, 7) is 7.42. The van der Waals surface area contributed by atoms with Gasteiger partial charge in [0.2, 0.25) is 17.7 Å². The molecular formula is C23H36N6O6. The zero-order valence-electron chi connectivity index (χ0n) is 20.6. The predicted molar refractivity (Wildman–Crippen MR) is 130 cm³/mol. The summed E-state index contributed by atoms with van der Waals surface area (Å²) in [6.07, 6.45) is 0.0821. The average Bonchev–Trinajstić information content (AvgIpc) is 2.78. The van der Waals surface area contributed by atoms with E-state index in [1.807, 2.05) is 0 Å². The number of hydrogen-bond donors (Lipinski definition) is 6. The number of hydrogen-bond acceptors (Lipinski definition) is 6. The molecule has 35 heavy (non-hydrogen) atoms. The number of primary amides is 1. The van der Waals surface area contributed by atoms with Gasteiger partial charge in [-0.05, 0) is 43.4 Å². The third-order valence-electron chi connectivity index (χ3n) is 4.82. The highest BCUT2D eigenvalue weighted by atomic mass is 16.5. The summed E-state index contributed by atoms with van der Waals surface area (Å²) in [5.74, 6) is -1.51. The number of carbonyl (C=O) groups excluding carboxylic acids is 5. The molecular weight excluding hydrogens is 456 g/mol.